The minimum Gasteiger partial charge on any atom is -0.380 e. The molecule has 0 saturated heterocycles. The predicted molar refractivity (Wildman–Crippen MR) is 109 cm³/mol. The molecule has 5 heteroatoms. The van der Waals surface area contributed by atoms with E-state index in [0.29, 0.717) is 12.3 Å². The molecule has 2 heterocycles. The number of hydrogen-bond donors (Lipinski definition) is 2. The number of benzene rings is 2. The Morgan fingerprint density at radius 3 is 2.78 bits per heavy atom. The molecule has 0 radical (unpaired) electrons. The zero-order valence-electron chi connectivity index (χ0n) is 16.0. The van der Waals surface area contributed by atoms with Crippen molar-refractivity contribution in [1.29, 1.82) is 0 Å². The van der Waals surface area contributed by atoms with Crippen molar-refractivity contribution >= 4 is 28.2 Å². The smallest absolute Gasteiger partial charge is 0.226 e. The molecule has 2 aromatic carbocycles. The van der Waals surface area contributed by atoms with Crippen LogP contribution in [0.3, 0.4) is 0 Å². The van der Waals surface area contributed by atoms with Crippen molar-refractivity contribution in [1.82, 2.24) is 9.78 Å². The fourth-order valence-corrected chi connectivity index (χ4v) is 4.16. The van der Waals surface area contributed by atoms with E-state index in [1.807, 2.05) is 24.7 Å². The second-order valence-corrected chi connectivity index (χ2v) is 8.05. The molecular formula is C22H24N4O. The standard InChI is InChI=1S/C22H24N4O/c1-12-8-16(22-18(9-12)24-20(27)10-13(2)23-22)15-6-7-19-17(11-15)21(14-4-5-14)25-26(19)3/h6-9,11,13-14,23H,4-5,10H2,1-3H3,(H,24,27). The first kappa shape index (κ1) is 16.4. The molecule has 2 aliphatic rings. The first-order valence-corrected chi connectivity index (χ1v) is 9.67. The number of rotatable bonds is 2. The third-order valence-electron chi connectivity index (χ3n) is 5.59. The summed E-state index contributed by atoms with van der Waals surface area (Å²) < 4.78 is 1.99. The molecule has 0 bridgehead atoms. The number of nitrogens with zero attached hydrogens (tertiary/aromatic N) is 2. The number of anilines is 2. The first-order chi connectivity index (χ1) is 13.0. The zero-order valence-corrected chi connectivity index (χ0v) is 16.0. The molecule has 1 aromatic heterocycles. The van der Waals surface area contributed by atoms with Crippen LogP contribution in [-0.4, -0.2) is 21.7 Å². The van der Waals surface area contributed by atoms with Crippen LogP contribution in [-0.2, 0) is 11.8 Å². The van der Waals surface area contributed by atoms with Crippen molar-refractivity contribution in [3.8, 4) is 11.1 Å². The minimum atomic E-state index is 0.0593. The molecule has 1 amide bonds. The average molecular weight is 360 g/mol. The summed E-state index contributed by atoms with van der Waals surface area (Å²) in [5.74, 6) is 0.667. The van der Waals surface area contributed by atoms with Gasteiger partial charge in [0.15, 0.2) is 0 Å². The quantitative estimate of drug-likeness (QED) is 0.704. The number of carbonyl (C=O) groups is 1. The van der Waals surface area contributed by atoms with Crippen LogP contribution in [0, 0.1) is 6.92 Å². The van der Waals surface area contributed by atoms with Crippen LogP contribution in [0.5, 0.6) is 0 Å². The van der Waals surface area contributed by atoms with Gasteiger partial charge in [0.05, 0.1) is 22.6 Å². The number of hydrogen-bond acceptors (Lipinski definition) is 3. The lowest BCUT2D eigenvalue weighted by atomic mass is 9.97. The summed E-state index contributed by atoms with van der Waals surface area (Å²) >= 11 is 0. The Morgan fingerprint density at radius 2 is 2.00 bits per heavy atom. The fraction of sp³-hybridized carbons (Fsp3) is 0.364. The van der Waals surface area contributed by atoms with Crippen LogP contribution in [0.25, 0.3) is 22.0 Å². The highest BCUT2D eigenvalue weighted by Crippen LogP contribution is 2.44. The summed E-state index contributed by atoms with van der Waals surface area (Å²) in [6, 6.07) is 10.9. The van der Waals surface area contributed by atoms with Gasteiger partial charge in [0.1, 0.15) is 0 Å². The van der Waals surface area contributed by atoms with Crippen molar-refractivity contribution in [3.63, 3.8) is 0 Å². The molecule has 5 rings (SSSR count). The van der Waals surface area contributed by atoms with Crippen molar-refractivity contribution in [3.05, 3.63) is 41.6 Å². The van der Waals surface area contributed by atoms with Crippen LogP contribution in [0.4, 0.5) is 11.4 Å². The van der Waals surface area contributed by atoms with E-state index in [-0.39, 0.29) is 11.9 Å². The van der Waals surface area contributed by atoms with Gasteiger partial charge in [0.25, 0.3) is 0 Å². The molecule has 1 unspecified atom stereocenters. The van der Waals surface area contributed by atoms with Gasteiger partial charge in [-0.05, 0) is 62.1 Å². The van der Waals surface area contributed by atoms with E-state index in [0.717, 1.165) is 28.1 Å². The third kappa shape index (κ3) is 2.78. The lowest BCUT2D eigenvalue weighted by molar-refractivity contribution is -0.116. The van der Waals surface area contributed by atoms with Gasteiger partial charge in [-0.15, -0.1) is 0 Å². The number of nitrogens with one attached hydrogen (secondary N) is 2. The molecule has 27 heavy (non-hydrogen) atoms. The second-order valence-electron chi connectivity index (χ2n) is 8.05. The van der Waals surface area contributed by atoms with Crippen LogP contribution < -0.4 is 10.6 Å². The van der Waals surface area contributed by atoms with Gasteiger partial charge in [-0.2, -0.15) is 5.10 Å². The lowest BCUT2D eigenvalue weighted by Crippen LogP contribution is -2.19. The summed E-state index contributed by atoms with van der Waals surface area (Å²) in [5, 5.41) is 12.6. The van der Waals surface area contributed by atoms with E-state index < -0.39 is 0 Å². The maximum atomic E-state index is 12.2. The topological polar surface area (TPSA) is 59.0 Å². The van der Waals surface area contributed by atoms with Crippen LogP contribution in [0.15, 0.2) is 30.3 Å². The average Bonchev–Trinajstić information content (AvgIpc) is 3.42. The highest BCUT2D eigenvalue weighted by atomic mass is 16.1. The SMILES string of the molecule is Cc1cc2c(c(-c3ccc4c(c3)c(C3CC3)nn4C)c1)NC(C)CC(=O)N2. The Hall–Kier alpha value is -2.82. The molecule has 3 aromatic rings. The van der Waals surface area contributed by atoms with E-state index in [1.165, 1.54) is 29.4 Å². The highest BCUT2D eigenvalue weighted by Gasteiger charge is 2.29. The minimum absolute atomic E-state index is 0.0593. The van der Waals surface area contributed by atoms with Gasteiger partial charge in [-0.25, -0.2) is 0 Å². The maximum absolute atomic E-state index is 12.2. The molecular weight excluding hydrogens is 336 g/mol. The predicted octanol–water partition coefficient (Wildman–Crippen LogP) is 4.57. The van der Waals surface area contributed by atoms with Crippen molar-refractivity contribution < 1.29 is 4.79 Å². The van der Waals surface area contributed by atoms with Crippen LogP contribution in [0.1, 0.15) is 43.4 Å². The number of aromatic nitrogens is 2. The largest absolute Gasteiger partial charge is 0.380 e. The van der Waals surface area contributed by atoms with Crippen LogP contribution >= 0.6 is 0 Å². The molecule has 0 spiro atoms. The zero-order chi connectivity index (χ0) is 18.7. The van der Waals surface area contributed by atoms with Gasteiger partial charge in [-0.3, -0.25) is 9.48 Å². The Bertz CT molecular complexity index is 1080. The molecule has 1 fully saturated rings. The summed E-state index contributed by atoms with van der Waals surface area (Å²) in [5.41, 5.74) is 7.70. The Labute approximate surface area is 158 Å². The van der Waals surface area contributed by atoms with Gasteiger partial charge >= 0.3 is 0 Å². The van der Waals surface area contributed by atoms with Crippen molar-refractivity contribution in [2.45, 2.75) is 45.1 Å². The Balaban J connectivity index is 1.71. The van der Waals surface area contributed by atoms with Crippen molar-refractivity contribution in [2.24, 2.45) is 7.05 Å². The monoisotopic (exact) mass is 360 g/mol. The fourth-order valence-electron chi connectivity index (χ4n) is 4.16. The number of amides is 1. The van der Waals surface area contributed by atoms with E-state index in [9.17, 15) is 4.79 Å². The summed E-state index contributed by atoms with van der Waals surface area (Å²) in [7, 11) is 2.02. The summed E-state index contributed by atoms with van der Waals surface area (Å²) in [4.78, 5) is 12.2. The molecule has 1 aliphatic heterocycles. The van der Waals surface area contributed by atoms with Crippen molar-refractivity contribution in [2.75, 3.05) is 10.6 Å². The summed E-state index contributed by atoms with van der Waals surface area (Å²) in [6.07, 6.45) is 2.95. The third-order valence-corrected chi connectivity index (χ3v) is 5.59. The maximum Gasteiger partial charge on any atom is 0.226 e. The molecule has 5 nitrogen and oxygen atoms in total. The van der Waals surface area contributed by atoms with Gasteiger partial charge in [-0.1, -0.05) is 6.07 Å². The van der Waals surface area contributed by atoms with E-state index in [2.05, 4.69) is 41.8 Å². The normalized spacial score (nSPS) is 19.4. The van der Waals surface area contributed by atoms with Gasteiger partial charge < -0.3 is 10.6 Å². The molecule has 138 valence electrons. The molecule has 1 saturated carbocycles. The Morgan fingerprint density at radius 1 is 1.19 bits per heavy atom. The van der Waals surface area contributed by atoms with E-state index in [4.69, 9.17) is 5.10 Å². The second kappa shape index (κ2) is 5.84. The molecule has 2 N–H and O–H groups in total. The molecule has 1 aliphatic carbocycles. The first-order valence-electron chi connectivity index (χ1n) is 9.67. The lowest BCUT2D eigenvalue weighted by Gasteiger charge is -2.18. The number of aryl methyl sites for hydroxylation is 2. The number of carbonyl (C=O) groups excluding carboxylic acids is 1. The summed E-state index contributed by atoms with van der Waals surface area (Å²) in [6.45, 7) is 4.12. The van der Waals surface area contributed by atoms with Crippen LogP contribution in [0.2, 0.25) is 0 Å². The van der Waals surface area contributed by atoms with Gasteiger partial charge in [0.2, 0.25) is 5.91 Å². The highest BCUT2D eigenvalue weighted by molar-refractivity contribution is 6.01. The number of fused-ring (bicyclic) bond motifs is 2. The van der Waals surface area contributed by atoms with E-state index >= 15 is 0 Å². The molecule has 1 atom stereocenters. The van der Waals surface area contributed by atoms with Gasteiger partial charge in [0, 0.05) is 36.4 Å². The van der Waals surface area contributed by atoms with E-state index in [1.54, 1.807) is 0 Å². The Kier molecular flexibility index (Phi) is 3.54.